The molecular formula is C18H22FN3O2. The van der Waals surface area contributed by atoms with Crippen LogP contribution in [0.3, 0.4) is 0 Å². The average molecular weight is 331 g/mol. The largest absolute Gasteiger partial charge is 0.458 e. The summed E-state index contributed by atoms with van der Waals surface area (Å²) in [5.41, 5.74) is 2.98. The van der Waals surface area contributed by atoms with Gasteiger partial charge in [0, 0.05) is 30.9 Å². The minimum Gasteiger partial charge on any atom is -0.458 e. The summed E-state index contributed by atoms with van der Waals surface area (Å²) in [6.07, 6.45) is 3.52. The van der Waals surface area contributed by atoms with E-state index in [-0.39, 0.29) is 18.0 Å². The smallest absolute Gasteiger partial charge is 0.316 e. The number of hydrogen-bond acceptors (Lipinski definition) is 4. The van der Waals surface area contributed by atoms with Crippen molar-refractivity contribution >= 4 is 5.91 Å². The van der Waals surface area contributed by atoms with Crippen molar-refractivity contribution in [1.82, 2.24) is 15.3 Å². The molecule has 0 aliphatic carbocycles. The van der Waals surface area contributed by atoms with Gasteiger partial charge < -0.3 is 10.1 Å². The topological polar surface area (TPSA) is 64.1 Å². The number of alkyl halides is 1. The second kappa shape index (κ2) is 8.38. The summed E-state index contributed by atoms with van der Waals surface area (Å²) in [6.45, 7) is 4.53. The summed E-state index contributed by atoms with van der Waals surface area (Å²) in [6, 6.07) is 8.26. The van der Waals surface area contributed by atoms with Gasteiger partial charge in [0.25, 0.3) is 0 Å². The fraction of sp³-hybridized carbons (Fsp3) is 0.389. The molecule has 2 unspecified atom stereocenters. The van der Waals surface area contributed by atoms with Crippen LogP contribution in [-0.2, 0) is 11.2 Å². The molecular weight excluding hydrogens is 309 g/mol. The van der Waals surface area contributed by atoms with Crippen molar-refractivity contribution in [3.63, 3.8) is 0 Å². The van der Waals surface area contributed by atoms with Crippen molar-refractivity contribution in [3.8, 4) is 17.1 Å². The Labute approximate surface area is 141 Å². The van der Waals surface area contributed by atoms with Gasteiger partial charge in [-0.1, -0.05) is 24.3 Å². The number of carbonyl (C=O) groups excluding carboxylic acids is 1. The van der Waals surface area contributed by atoms with E-state index in [9.17, 15) is 9.18 Å². The van der Waals surface area contributed by atoms with Crippen molar-refractivity contribution in [1.29, 1.82) is 0 Å². The first kappa shape index (κ1) is 17.8. The van der Waals surface area contributed by atoms with Crippen LogP contribution in [0.5, 0.6) is 6.01 Å². The van der Waals surface area contributed by atoms with Gasteiger partial charge in [0.15, 0.2) is 0 Å². The molecule has 0 bridgehead atoms. The molecule has 24 heavy (non-hydrogen) atoms. The van der Waals surface area contributed by atoms with E-state index in [4.69, 9.17) is 4.74 Å². The molecule has 0 fully saturated rings. The van der Waals surface area contributed by atoms with E-state index >= 15 is 0 Å². The molecule has 128 valence electrons. The Morgan fingerprint density at radius 3 is 2.33 bits per heavy atom. The van der Waals surface area contributed by atoms with Gasteiger partial charge in [0.1, 0.15) is 12.8 Å². The Morgan fingerprint density at radius 2 is 1.79 bits per heavy atom. The summed E-state index contributed by atoms with van der Waals surface area (Å²) in [7, 11) is 0. The summed E-state index contributed by atoms with van der Waals surface area (Å²) < 4.78 is 17.6. The molecule has 1 aromatic heterocycles. The number of amides is 1. The van der Waals surface area contributed by atoms with Gasteiger partial charge in [-0.3, -0.25) is 4.79 Å². The van der Waals surface area contributed by atoms with Gasteiger partial charge in [-0.2, -0.15) is 0 Å². The Hall–Kier alpha value is -2.50. The number of benzene rings is 1. The van der Waals surface area contributed by atoms with Gasteiger partial charge in [0.05, 0.1) is 0 Å². The van der Waals surface area contributed by atoms with E-state index in [0.29, 0.717) is 0 Å². The zero-order chi connectivity index (χ0) is 17.5. The highest BCUT2D eigenvalue weighted by Crippen LogP contribution is 2.20. The fourth-order valence-corrected chi connectivity index (χ4v) is 2.32. The summed E-state index contributed by atoms with van der Waals surface area (Å²) >= 11 is 0. The molecule has 2 atom stereocenters. The van der Waals surface area contributed by atoms with Crippen molar-refractivity contribution in [3.05, 3.63) is 42.2 Å². The van der Waals surface area contributed by atoms with Crippen LogP contribution in [0.15, 0.2) is 36.7 Å². The molecule has 0 spiro atoms. The number of aromatic nitrogens is 2. The quantitative estimate of drug-likeness (QED) is 0.847. The van der Waals surface area contributed by atoms with Gasteiger partial charge in [0.2, 0.25) is 5.91 Å². The average Bonchev–Trinajstić information content (AvgIpc) is 2.55. The first-order valence-corrected chi connectivity index (χ1v) is 7.89. The number of nitrogens with one attached hydrogen (secondary N) is 1. The number of halogens is 1. The predicted molar refractivity (Wildman–Crippen MR) is 90.5 cm³/mol. The van der Waals surface area contributed by atoms with E-state index in [1.807, 2.05) is 31.2 Å². The van der Waals surface area contributed by atoms with E-state index in [2.05, 4.69) is 15.3 Å². The Kier molecular flexibility index (Phi) is 6.23. The Morgan fingerprint density at radius 1 is 1.17 bits per heavy atom. The Balaban J connectivity index is 2.01. The monoisotopic (exact) mass is 331 g/mol. The molecule has 1 amide bonds. The summed E-state index contributed by atoms with van der Waals surface area (Å²) in [5, 5.41) is 2.86. The van der Waals surface area contributed by atoms with Crippen LogP contribution in [0.1, 0.15) is 26.3 Å². The lowest BCUT2D eigenvalue weighted by Crippen LogP contribution is -2.31. The number of ether oxygens (including phenoxy) is 1. The van der Waals surface area contributed by atoms with Gasteiger partial charge in [-0.05, 0) is 31.4 Å². The lowest BCUT2D eigenvalue weighted by Gasteiger charge is -2.13. The van der Waals surface area contributed by atoms with Crippen LogP contribution in [-0.4, -0.2) is 34.7 Å². The van der Waals surface area contributed by atoms with Gasteiger partial charge >= 0.3 is 6.01 Å². The maximum atomic E-state index is 12.4. The van der Waals surface area contributed by atoms with Crippen LogP contribution in [0, 0.1) is 0 Å². The lowest BCUT2D eigenvalue weighted by molar-refractivity contribution is -0.119. The van der Waals surface area contributed by atoms with Crippen molar-refractivity contribution < 1.29 is 13.9 Å². The highest BCUT2D eigenvalue weighted by Gasteiger charge is 2.08. The molecule has 2 aromatic rings. The number of rotatable bonds is 7. The van der Waals surface area contributed by atoms with E-state index < -0.39 is 12.8 Å². The molecule has 2 rings (SSSR count). The highest BCUT2D eigenvalue weighted by atomic mass is 19.1. The Bertz CT molecular complexity index is 659. The van der Waals surface area contributed by atoms with E-state index in [0.717, 1.165) is 23.1 Å². The minimum absolute atomic E-state index is 0.0272. The molecule has 1 N–H and O–H groups in total. The van der Waals surface area contributed by atoms with E-state index in [1.165, 1.54) is 6.92 Å². The molecule has 5 nitrogen and oxygen atoms in total. The molecule has 0 aliphatic heterocycles. The highest BCUT2D eigenvalue weighted by molar-refractivity contribution is 5.73. The maximum absolute atomic E-state index is 12.4. The standard InChI is InChI=1S/C18H22FN3O2/c1-12(22-14(3)23)8-15-4-6-16(7-5-15)17-10-20-18(21-11-17)24-13(2)9-19/h4-7,10-13H,8-9H2,1-3H3,(H,22,23). The van der Waals surface area contributed by atoms with Crippen LogP contribution in [0.4, 0.5) is 4.39 Å². The maximum Gasteiger partial charge on any atom is 0.316 e. The molecule has 0 saturated heterocycles. The van der Waals surface area contributed by atoms with Gasteiger partial charge in [-0.25, -0.2) is 14.4 Å². The summed E-state index contributed by atoms with van der Waals surface area (Å²) in [5.74, 6) is -0.0272. The molecule has 0 saturated carbocycles. The van der Waals surface area contributed by atoms with Crippen LogP contribution in [0.25, 0.3) is 11.1 Å². The second-order valence-electron chi connectivity index (χ2n) is 5.84. The number of hydrogen-bond donors (Lipinski definition) is 1. The van der Waals surface area contributed by atoms with Crippen molar-refractivity contribution in [2.45, 2.75) is 39.3 Å². The fourth-order valence-electron chi connectivity index (χ4n) is 2.32. The molecule has 0 radical (unpaired) electrons. The third kappa shape index (κ3) is 5.30. The van der Waals surface area contributed by atoms with Crippen molar-refractivity contribution in [2.75, 3.05) is 6.67 Å². The zero-order valence-corrected chi connectivity index (χ0v) is 14.1. The van der Waals surface area contributed by atoms with Crippen molar-refractivity contribution in [2.24, 2.45) is 0 Å². The van der Waals surface area contributed by atoms with Crippen LogP contribution < -0.4 is 10.1 Å². The second-order valence-corrected chi connectivity index (χ2v) is 5.84. The predicted octanol–water partition coefficient (Wildman–Crippen LogP) is 2.95. The minimum atomic E-state index is -0.580. The first-order valence-electron chi connectivity index (χ1n) is 7.89. The van der Waals surface area contributed by atoms with E-state index in [1.54, 1.807) is 19.3 Å². The molecule has 6 heteroatoms. The normalized spacial score (nSPS) is 13.2. The lowest BCUT2D eigenvalue weighted by atomic mass is 10.0. The molecule has 1 heterocycles. The molecule has 0 aliphatic rings. The van der Waals surface area contributed by atoms with Crippen LogP contribution >= 0.6 is 0 Å². The third-order valence-electron chi connectivity index (χ3n) is 3.43. The number of carbonyl (C=O) groups is 1. The summed E-state index contributed by atoms with van der Waals surface area (Å²) in [4.78, 5) is 19.2. The zero-order valence-electron chi connectivity index (χ0n) is 14.1. The van der Waals surface area contributed by atoms with Gasteiger partial charge in [-0.15, -0.1) is 0 Å². The third-order valence-corrected chi connectivity index (χ3v) is 3.43. The molecule has 1 aromatic carbocycles. The van der Waals surface area contributed by atoms with Crippen LogP contribution in [0.2, 0.25) is 0 Å². The SMILES string of the molecule is CC(=O)NC(C)Cc1ccc(-c2cnc(OC(C)CF)nc2)cc1. The number of nitrogens with zero attached hydrogens (tertiary/aromatic N) is 2. The first-order chi connectivity index (χ1) is 11.5.